The molecule has 0 bridgehead atoms. The molecule has 0 saturated carbocycles. The van der Waals surface area contributed by atoms with Crippen LogP contribution in [0.15, 0.2) is 36.5 Å². The monoisotopic (exact) mass is 297 g/mol. The van der Waals surface area contributed by atoms with Crippen LogP contribution in [0.1, 0.15) is 38.2 Å². The van der Waals surface area contributed by atoms with E-state index in [2.05, 4.69) is 48.0 Å². The van der Waals surface area contributed by atoms with Gasteiger partial charge in [-0.2, -0.15) is 0 Å². The molecule has 2 aromatic rings. The van der Waals surface area contributed by atoms with Crippen molar-refractivity contribution in [1.82, 2.24) is 4.57 Å². The van der Waals surface area contributed by atoms with Gasteiger partial charge in [-0.1, -0.05) is 31.2 Å². The van der Waals surface area contributed by atoms with Gasteiger partial charge in [0.05, 0.1) is 13.0 Å². The number of ether oxygens (including phenoxy) is 1. The third-order valence-electron chi connectivity index (χ3n) is 4.54. The number of nitrogens with zero attached hydrogens (tertiary/aromatic N) is 1. The van der Waals surface area contributed by atoms with E-state index in [9.17, 15) is 4.79 Å². The number of esters is 1. The smallest absolute Gasteiger partial charge is 0.308 e. The molecule has 1 unspecified atom stereocenters. The summed E-state index contributed by atoms with van der Waals surface area (Å²) in [7, 11) is 1.47. The molecule has 3 heteroatoms. The summed E-state index contributed by atoms with van der Waals surface area (Å²) in [4.78, 5) is 11.7. The second kappa shape index (κ2) is 6.39. The number of aromatic nitrogens is 1. The molecular weight excluding hydrogens is 274 g/mol. The number of hydrogen-bond acceptors (Lipinski definition) is 2. The molecule has 1 heterocycles. The lowest BCUT2D eigenvalue weighted by molar-refractivity contribution is -0.145. The number of hydrogen-bond donors (Lipinski definition) is 0. The van der Waals surface area contributed by atoms with Gasteiger partial charge < -0.3 is 9.30 Å². The third kappa shape index (κ3) is 2.68. The van der Waals surface area contributed by atoms with Gasteiger partial charge >= 0.3 is 5.97 Å². The van der Waals surface area contributed by atoms with Crippen LogP contribution in [0.4, 0.5) is 0 Å². The predicted molar refractivity (Wildman–Crippen MR) is 89.6 cm³/mol. The molecule has 3 nitrogen and oxygen atoms in total. The lowest BCUT2D eigenvalue weighted by Crippen LogP contribution is -2.18. The standard InChI is InChI=1S/C19H23NO2/c1-3-12-20-13-17(16-6-4-5-7-18(16)20)14-8-10-15(11-9-14)19(21)22-2/h4-8,13,15H,3,9-12H2,1-2H3. The van der Waals surface area contributed by atoms with Crippen molar-refractivity contribution in [3.05, 3.63) is 42.1 Å². The number of carbonyl (C=O) groups is 1. The average molecular weight is 297 g/mol. The molecule has 1 atom stereocenters. The Balaban J connectivity index is 1.94. The minimum Gasteiger partial charge on any atom is -0.469 e. The van der Waals surface area contributed by atoms with Crippen LogP contribution in [-0.2, 0) is 16.1 Å². The summed E-state index contributed by atoms with van der Waals surface area (Å²) >= 11 is 0. The van der Waals surface area contributed by atoms with E-state index in [1.807, 2.05) is 0 Å². The van der Waals surface area contributed by atoms with Crippen molar-refractivity contribution in [1.29, 1.82) is 0 Å². The van der Waals surface area contributed by atoms with Crippen LogP contribution in [0.5, 0.6) is 0 Å². The van der Waals surface area contributed by atoms with Crippen LogP contribution in [0.3, 0.4) is 0 Å². The highest BCUT2D eigenvalue weighted by molar-refractivity contribution is 5.93. The third-order valence-corrected chi connectivity index (χ3v) is 4.54. The van der Waals surface area contributed by atoms with Gasteiger partial charge in [0.2, 0.25) is 0 Å². The van der Waals surface area contributed by atoms with Crippen molar-refractivity contribution in [2.24, 2.45) is 5.92 Å². The average Bonchev–Trinajstić information content (AvgIpc) is 2.94. The Kier molecular flexibility index (Phi) is 4.32. The first-order chi connectivity index (χ1) is 10.7. The zero-order valence-electron chi connectivity index (χ0n) is 13.3. The summed E-state index contributed by atoms with van der Waals surface area (Å²) in [5.74, 6) is -0.0542. The minimum atomic E-state index is -0.0799. The maximum Gasteiger partial charge on any atom is 0.308 e. The number of carbonyl (C=O) groups excluding carboxylic acids is 1. The molecule has 0 spiro atoms. The first-order valence-corrected chi connectivity index (χ1v) is 8.09. The molecule has 3 rings (SSSR count). The van der Waals surface area contributed by atoms with Crippen molar-refractivity contribution in [3.8, 4) is 0 Å². The second-order valence-electron chi connectivity index (χ2n) is 5.98. The Bertz CT molecular complexity index is 711. The van der Waals surface area contributed by atoms with Crippen LogP contribution >= 0.6 is 0 Å². The van der Waals surface area contributed by atoms with Gasteiger partial charge in [0.25, 0.3) is 0 Å². The number of benzene rings is 1. The van der Waals surface area contributed by atoms with Crippen molar-refractivity contribution in [2.75, 3.05) is 7.11 Å². The molecule has 0 aliphatic heterocycles. The van der Waals surface area contributed by atoms with E-state index < -0.39 is 0 Å². The van der Waals surface area contributed by atoms with Gasteiger partial charge in [-0.3, -0.25) is 4.79 Å². The molecule has 1 aromatic carbocycles. The lowest BCUT2D eigenvalue weighted by atomic mass is 9.86. The Morgan fingerprint density at radius 2 is 2.18 bits per heavy atom. The Morgan fingerprint density at radius 1 is 1.36 bits per heavy atom. The van der Waals surface area contributed by atoms with Crippen LogP contribution in [0, 0.1) is 5.92 Å². The molecule has 1 aromatic heterocycles. The van der Waals surface area contributed by atoms with Crippen molar-refractivity contribution >= 4 is 22.4 Å². The highest BCUT2D eigenvalue weighted by atomic mass is 16.5. The fourth-order valence-electron chi connectivity index (χ4n) is 3.39. The molecule has 1 aliphatic rings. The molecule has 0 amide bonds. The first-order valence-electron chi connectivity index (χ1n) is 8.09. The minimum absolute atomic E-state index is 0.0257. The zero-order valence-corrected chi connectivity index (χ0v) is 13.3. The summed E-state index contributed by atoms with van der Waals surface area (Å²) in [6.45, 7) is 3.24. The molecule has 1 aliphatic carbocycles. The van der Waals surface area contributed by atoms with Crippen LogP contribution in [0.2, 0.25) is 0 Å². The topological polar surface area (TPSA) is 31.2 Å². The predicted octanol–water partition coefficient (Wildman–Crippen LogP) is 4.41. The molecule has 22 heavy (non-hydrogen) atoms. The Labute approximate surface area is 131 Å². The van der Waals surface area contributed by atoms with Crippen LogP contribution in [0.25, 0.3) is 16.5 Å². The summed E-state index contributed by atoms with van der Waals surface area (Å²) in [6, 6.07) is 8.59. The van der Waals surface area contributed by atoms with Gasteiger partial charge in [-0.25, -0.2) is 0 Å². The first kappa shape index (κ1) is 14.9. The molecular formula is C19H23NO2. The van der Waals surface area contributed by atoms with Gasteiger partial charge in [0, 0.05) is 29.2 Å². The molecule has 0 N–H and O–H groups in total. The zero-order chi connectivity index (χ0) is 15.5. The summed E-state index contributed by atoms with van der Waals surface area (Å²) in [5, 5.41) is 1.32. The number of aryl methyl sites for hydroxylation is 1. The Hall–Kier alpha value is -2.03. The lowest BCUT2D eigenvalue weighted by Gasteiger charge is -2.19. The molecule has 0 radical (unpaired) electrons. The van der Waals surface area contributed by atoms with E-state index in [4.69, 9.17) is 4.74 Å². The molecule has 116 valence electrons. The summed E-state index contributed by atoms with van der Waals surface area (Å²) < 4.78 is 7.21. The van der Waals surface area contributed by atoms with Crippen LogP contribution in [-0.4, -0.2) is 17.6 Å². The van der Waals surface area contributed by atoms with Crippen molar-refractivity contribution in [3.63, 3.8) is 0 Å². The number of fused-ring (bicyclic) bond motifs is 1. The van der Waals surface area contributed by atoms with Crippen molar-refractivity contribution < 1.29 is 9.53 Å². The van der Waals surface area contributed by atoms with Gasteiger partial charge in [0.1, 0.15) is 0 Å². The number of para-hydroxylation sites is 1. The maximum atomic E-state index is 11.7. The maximum absolute atomic E-state index is 11.7. The van der Waals surface area contributed by atoms with Gasteiger partial charge in [-0.15, -0.1) is 0 Å². The Morgan fingerprint density at radius 3 is 2.86 bits per heavy atom. The van der Waals surface area contributed by atoms with E-state index in [-0.39, 0.29) is 11.9 Å². The highest BCUT2D eigenvalue weighted by Crippen LogP contribution is 2.35. The summed E-state index contributed by atoms with van der Waals surface area (Å²) in [6.07, 6.45) is 8.24. The largest absolute Gasteiger partial charge is 0.469 e. The van der Waals surface area contributed by atoms with E-state index in [1.165, 1.54) is 29.1 Å². The molecule has 0 fully saturated rings. The fourth-order valence-corrected chi connectivity index (χ4v) is 3.39. The number of methoxy groups -OCH3 is 1. The van der Waals surface area contributed by atoms with E-state index >= 15 is 0 Å². The summed E-state index contributed by atoms with van der Waals surface area (Å²) in [5.41, 5.74) is 3.99. The highest BCUT2D eigenvalue weighted by Gasteiger charge is 2.23. The van der Waals surface area contributed by atoms with E-state index in [0.29, 0.717) is 0 Å². The van der Waals surface area contributed by atoms with Gasteiger partial charge in [0.15, 0.2) is 0 Å². The van der Waals surface area contributed by atoms with Crippen molar-refractivity contribution in [2.45, 2.75) is 39.2 Å². The fraction of sp³-hybridized carbons (Fsp3) is 0.421. The van der Waals surface area contributed by atoms with Gasteiger partial charge in [-0.05, 0) is 37.3 Å². The second-order valence-corrected chi connectivity index (χ2v) is 5.98. The normalized spacial score (nSPS) is 18.3. The van der Waals surface area contributed by atoms with E-state index in [0.717, 1.165) is 32.2 Å². The SMILES string of the molecule is CCCn1cc(C2=CCC(C(=O)OC)CC2)c2ccccc21. The van der Waals surface area contributed by atoms with Crippen LogP contribution < -0.4 is 0 Å². The molecule has 0 saturated heterocycles. The quantitative estimate of drug-likeness (QED) is 0.783. The number of rotatable bonds is 4. The number of allylic oxidation sites excluding steroid dienone is 2. The van der Waals surface area contributed by atoms with E-state index in [1.54, 1.807) is 0 Å².